The van der Waals surface area contributed by atoms with Gasteiger partial charge in [-0.2, -0.15) is 0 Å². The van der Waals surface area contributed by atoms with Gasteiger partial charge in [0.1, 0.15) is 0 Å². The molecule has 1 aliphatic heterocycles. The Balaban J connectivity index is 2.13. The zero-order valence-electron chi connectivity index (χ0n) is 10.9. The second kappa shape index (κ2) is 5.87. The number of hydrazine groups is 1. The van der Waals surface area contributed by atoms with Crippen LogP contribution in [0.1, 0.15) is 43.0 Å². The molecule has 1 fully saturated rings. The van der Waals surface area contributed by atoms with Gasteiger partial charge in [0.25, 0.3) is 5.91 Å². The first-order valence-electron chi connectivity index (χ1n) is 6.64. The van der Waals surface area contributed by atoms with E-state index in [4.69, 9.17) is 5.84 Å². The lowest BCUT2D eigenvalue weighted by molar-refractivity contribution is 0.0608. The van der Waals surface area contributed by atoms with Gasteiger partial charge in [0.15, 0.2) is 0 Å². The van der Waals surface area contributed by atoms with Crippen molar-refractivity contribution in [3.8, 4) is 0 Å². The maximum Gasteiger partial charge on any atom is 0.254 e. The molecule has 0 saturated carbocycles. The topological polar surface area (TPSA) is 58.4 Å². The van der Waals surface area contributed by atoms with E-state index in [-0.39, 0.29) is 5.91 Å². The van der Waals surface area contributed by atoms with E-state index >= 15 is 0 Å². The van der Waals surface area contributed by atoms with Crippen molar-refractivity contribution in [2.75, 3.05) is 12.0 Å². The number of nitrogen functional groups attached to an aromatic ring is 1. The number of nitrogens with two attached hydrogens (primary N) is 1. The maximum atomic E-state index is 12.4. The van der Waals surface area contributed by atoms with Gasteiger partial charge in [0.2, 0.25) is 0 Å². The highest BCUT2D eigenvalue weighted by Gasteiger charge is 2.25. The number of carbonyl (C=O) groups is 1. The second-order valence-corrected chi connectivity index (χ2v) is 4.78. The lowest BCUT2D eigenvalue weighted by Gasteiger charge is -2.35. The van der Waals surface area contributed by atoms with Gasteiger partial charge in [-0.1, -0.05) is 6.92 Å². The molecule has 0 spiro atoms. The zero-order chi connectivity index (χ0) is 13.0. The summed E-state index contributed by atoms with van der Waals surface area (Å²) in [7, 11) is 0. The SMILES string of the molecule is CCC1CCCCN1C(=O)c1ccc(NN)cc1. The van der Waals surface area contributed by atoms with Crippen molar-refractivity contribution in [2.45, 2.75) is 38.6 Å². The highest BCUT2D eigenvalue weighted by atomic mass is 16.2. The quantitative estimate of drug-likeness (QED) is 0.637. The molecule has 1 atom stereocenters. The number of piperidine rings is 1. The Bertz CT molecular complexity index is 402. The molecule has 0 radical (unpaired) electrons. The van der Waals surface area contributed by atoms with Crippen molar-refractivity contribution in [3.05, 3.63) is 29.8 Å². The molecule has 1 amide bonds. The van der Waals surface area contributed by atoms with Gasteiger partial charge in [0.05, 0.1) is 0 Å². The molecule has 4 heteroatoms. The average Bonchev–Trinajstić information content (AvgIpc) is 2.46. The minimum atomic E-state index is 0.144. The predicted octanol–water partition coefficient (Wildman–Crippen LogP) is 2.38. The molecule has 4 nitrogen and oxygen atoms in total. The third-order valence-electron chi connectivity index (χ3n) is 3.66. The summed E-state index contributed by atoms with van der Waals surface area (Å²) in [6, 6.07) is 7.73. The van der Waals surface area contributed by atoms with Crippen LogP contribution in [-0.2, 0) is 0 Å². The van der Waals surface area contributed by atoms with Crippen molar-refractivity contribution >= 4 is 11.6 Å². The van der Waals surface area contributed by atoms with Gasteiger partial charge >= 0.3 is 0 Å². The number of anilines is 1. The van der Waals surface area contributed by atoms with Gasteiger partial charge in [-0.25, -0.2) is 0 Å². The Kier molecular flexibility index (Phi) is 4.20. The number of likely N-dealkylation sites (tertiary alicyclic amines) is 1. The van der Waals surface area contributed by atoms with Gasteiger partial charge in [-0.05, 0) is 49.9 Å². The van der Waals surface area contributed by atoms with Gasteiger partial charge in [0, 0.05) is 23.8 Å². The van der Waals surface area contributed by atoms with E-state index in [0.717, 1.165) is 37.1 Å². The third-order valence-corrected chi connectivity index (χ3v) is 3.66. The standard InChI is InChI=1S/C14H21N3O/c1-2-13-5-3-4-10-17(13)14(18)11-6-8-12(16-15)9-7-11/h6-9,13,16H,2-5,10,15H2,1H3. The van der Waals surface area contributed by atoms with Crippen LogP contribution in [0.15, 0.2) is 24.3 Å². The van der Waals surface area contributed by atoms with E-state index in [0.29, 0.717) is 6.04 Å². The third kappa shape index (κ3) is 2.64. The van der Waals surface area contributed by atoms with E-state index in [2.05, 4.69) is 12.3 Å². The molecule has 3 N–H and O–H groups in total. The highest BCUT2D eigenvalue weighted by molar-refractivity contribution is 5.94. The fraction of sp³-hybridized carbons (Fsp3) is 0.500. The van der Waals surface area contributed by atoms with E-state index < -0.39 is 0 Å². The lowest BCUT2D eigenvalue weighted by Crippen LogP contribution is -2.43. The normalized spacial score (nSPS) is 19.7. The fourth-order valence-electron chi connectivity index (χ4n) is 2.57. The zero-order valence-corrected chi connectivity index (χ0v) is 10.9. The van der Waals surface area contributed by atoms with Gasteiger partial charge in [-0.15, -0.1) is 0 Å². The number of benzene rings is 1. The molecule has 1 unspecified atom stereocenters. The van der Waals surface area contributed by atoms with Crippen LogP contribution in [0.2, 0.25) is 0 Å². The Hall–Kier alpha value is -1.55. The number of hydrogen-bond acceptors (Lipinski definition) is 3. The summed E-state index contributed by atoms with van der Waals surface area (Å²) in [4.78, 5) is 14.5. The van der Waals surface area contributed by atoms with Crippen molar-refractivity contribution in [1.29, 1.82) is 0 Å². The lowest BCUT2D eigenvalue weighted by atomic mass is 9.99. The summed E-state index contributed by atoms with van der Waals surface area (Å²) in [5, 5.41) is 0. The summed E-state index contributed by atoms with van der Waals surface area (Å²) in [5.74, 6) is 5.46. The molecule has 18 heavy (non-hydrogen) atoms. The first-order chi connectivity index (χ1) is 8.76. The summed E-state index contributed by atoms with van der Waals surface area (Å²) in [6.07, 6.45) is 4.52. The minimum absolute atomic E-state index is 0.144. The number of nitrogens with one attached hydrogen (secondary N) is 1. The van der Waals surface area contributed by atoms with Crippen LogP contribution in [0.25, 0.3) is 0 Å². The van der Waals surface area contributed by atoms with Crippen LogP contribution < -0.4 is 11.3 Å². The van der Waals surface area contributed by atoms with E-state index in [1.807, 2.05) is 29.2 Å². The minimum Gasteiger partial charge on any atom is -0.336 e. The smallest absolute Gasteiger partial charge is 0.254 e. The highest BCUT2D eigenvalue weighted by Crippen LogP contribution is 2.22. The van der Waals surface area contributed by atoms with E-state index in [9.17, 15) is 4.79 Å². The Morgan fingerprint density at radius 2 is 2.11 bits per heavy atom. The summed E-state index contributed by atoms with van der Waals surface area (Å²) >= 11 is 0. The second-order valence-electron chi connectivity index (χ2n) is 4.78. The molecule has 1 aromatic carbocycles. The summed E-state index contributed by atoms with van der Waals surface area (Å²) in [6.45, 7) is 3.03. The molecule has 0 aromatic heterocycles. The van der Waals surface area contributed by atoms with Crippen LogP contribution >= 0.6 is 0 Å². The Morgan fingerprint density at radius 1 is 1.39 bits per heavy atom. The Labute approximate surface area is 108 Å². The first kappa shape index (κ1) is 12.9. The van der Waals surface area contributed by atoms with E-state index in [1.165, 1.54) is 6.42 Å². The molecule has 1 aliphatic rings. The monoisotopic (exact) mass is 247 g/mol. The molecule has 0 aliphatic carbocycles. The Morgan fingerprint density at radius 3 is 2.72 bits per heavy atom. The molecular formula is C14H21N3O. The van der Waals surface area contributed by atoms with Crippen molar-refractivity contribution in [1.82, 2.24) is 4.90 Å². The number of nitrogens with zero attached hydrogens (tertiary/aromatic N) is 1. The van der Waals surface area contributed by atoms with Crippen molar-refractivity contribution in [3.63, 3.8) is 0 Å². The van der Waals surface area contributed by atoms with Crippen molar-refractivity contribution < 1.29 is 4.79 Å². The molecule has 0 bridgehead atoms. The largest absolute Gasteiger partial charge is 0.336 e. The molecule has 1 aromatic rings. The maximum absolute atomic E-state index is 12.4. The molecule has 1 saturated heterocycles. The molecule has 98 valence electrons. The van der Waals surface area contributed by atoms with Crippen LogP contribution in [0, 0.1) is 0 Å². The van der Waals surface area contributed by atoms with Crippen LogP contribution in [0.5, 0.6) is 0 Å². The van der Waals surface area contributed by atoms with Gasteiger partial charge < -0.3 is 10.3 Å². The van der Waals surface area contributed by atoms with Crippen LogP contribution in [0.3, 0.4) is 0 Å². The molecule has 1 heterocycles. The van der Waals surface area contributed by atoms with Crippen molar-refractivity contribution in [2.24, 2.45) is 5.84 Å². The fourth-order valence-corrected chi connectivity index (χ4v) is 2.57. The molecular weight excluding hydrogens is 226 g/mol. The predicted molar refractivity (Wildman–Crippen MR) is 73.2 cm³/mol. The summed E-state index contributed by atoms with van der Waals surface area (Å²) in [5.41, 5.74) is 4.13. The summed E-state index contributed by atoms with van der Waals surface area (Å²) < 4.78 is 0. The van der Waals surface area contributed by atoms with Gasteiger partial charge in [-0.3, -0.25) is 10.6 Å². The number of rotatable bonds is 3. The number of hydrogen-bond donors (Lipinski definition) is 2. The first-order valence-corrected chi connectivity index (χ1v) is 6.64. The van der Waals surface area contributed by atoms with E-state index in [1.54, 1.807) is 0 Å². The number of amides is 1. The average molecular weight is 247 g/mol. The molecule has 2 rings (SSSR count). The van der Waals surface area contributed by atoms with Crippen LogP contribution in [0.4, 0.5) is 5.69 Å². The number of carbonyl (C=O) groups excluding carboxylic acids is 1. The van der Waals surface area contributed by atoms with Crippen LogP contribution in [-0.4, -0.2) is 23.4 Å².